The maximum atomic E-state index is 4.56. The zero-order chi connectivity index (χ0) is 12.1. The summed E-state index contributed by atoms with van der Waals surface area (Å²) in [5, 5.41) is 3.50. The number of aromatic nitrogens is 2. The minimum atomic E-state index is 0.652. The van der Waals surface area contributed by atoms with E-state index >= 15 is 0 Å². The van der Waals surface area contributed by atoms with Gasteiger partial charge in [0, 0.05) is 18.8 Å². The molecule has 0 radical (unpaired) electrons. The van der Waals surface area contributed by atoms with Gasteiger partial charge in [0.05, 0.1) is 17.1 Å². The van der Waals surface area contributed by atoms with Gasteiger partial charge in [0.1, 0.15) is 0 Å². The number of rotatable bonds is 4. The Balaban J connectivity index is 1.77. The lowest BCUT2D eigenvalue weighted by molar-refractivity contribution is 0.477. The van der Waals surface area contributed by atoms with Gasteiger partial charge in [0.15, 0.2) is 0 Å². The fourth-order valence-corrected chi connectivity index (χ4v) is 2.12. The molecule has 1 atom stereocenters. The first-order valence-corrected chi connectivity index (χ1v) is 6.43. The summed E-state index contributed by atoms with van der Waals surface area (Å²) in [6.45, 7) is 5.05. The fraction of sp³-hybridized carbons (Fsp3) is 0.571. The second kappa shape index (κ2) is 5.92. The quantitative estimate of drug-likeness (QED) is 0.808. The number of aryl methyl sites for hydroxylation is 3. The highest BCUT2D eigenvalue weighted by Crippen LogP contribution is 2.10. The van der Waals surface area contributed by atoms with Gasteiger partial charge in [-0.1, -0.05) is 12.2 Å². The maximum absolute atomic E-state index is 4.56. The molecule has 1 aliphatic rings. The van der Waals surface area contributed by atoms with Crippen LogP contribution in [0.5, 0.6) is 0 Å². The standard InChI is InChI=1S/C14H21N3/c1-11-12(2)17-14(10-16-11)8-5-7-13-6-3-4-9-15-13/h3-4,10,13,15H,5-9H2,1-2H3/t13-/m0/s1. The summed E-state index contributed by atoms with van der Waals surface area (Å²) >= 11 is 0. The minimum Gasteiger partial charge on any atom is -0.310 e. The highest BCUT2D eigenvalue weighted by Gasteiger charge is 2.08. The lowest BCUT2D eigenvalue weighted by Gasteiger charge is -2.19. The van der Waals surface area contributed by atoms with Crippen molar-refractivity contribution in [1.82, 2.24) is 15.3 Å². The van der Waals surface area contributed by atoms with Crippen LogP contribution in [-0.4, -0.2) is 22.6 Å². The van der Waals surface area contributed by atoms with E-state index in [1.807, 2.05) is 20.0 Å². The third kappa shape index (κ3) is 3.63. The van der Waals surface area contributed by atoms with E-state index in [1.54, 1.807) is 0 Å². The highest BCUT2D eigenvalue weighted by molar-refractivity contribution is 5.10. The Kier molecular flexibility index (Phi) is 4.26. The van der Waals surface area contributed by atoms with Gasteiger partial charge in [-0.2, -0.15) is 0 Å². The van der Waals surface area contributed by atoms with Crippen LogP contribution in [0.15, 0.2) is 18.3 Å². The van der Waals surface area contributed by atoms with E-state index in [-0.39, 0.29) is 0 Å². The van der Waals surface area contributed by atoms with Gasteiger partial charge in [-0.25, -0.2) is 0 Å². The number of hydrogen-bond donors (Lipinski definition) is 1. The summed E-state index contributed by atoms with van der Waals surface area (Å²) < 4.78 is 0. The average molecular weight is 231 g/mol. The van der Waals surface area contributed by atoms with Gasteiger partial charge in [0.25, 0.3) is 0 Å². The van der Waals surface area contributed by atoms with E-state index in [9.17, 15) is 0 Å². The number of nitrogens with one attached hydrogen (secondary N) is 1. The van der Waals surface area contributed by atoms with E-state index in [2.05, 4.69) is 27.4 Å². The highest BCUT2D eigenvalue weighted by atomic mass is 14.9. The van der Waals surface area contributed by atoms with E-state index in [0.29, 0.717) is 6.04 Å². The second-order valence-corrected chi connectivity index (χ2v) is 4.74. The van der Waals surface area contributed by atoms with Crippen molar-refractivity contribution in [2.45, 2.75) is 45.6 Å². The van der Waals surface area contributed by atoms with Crippen LogP contribution in [0.3, 0.4) is 0 Å². The Morgan fingerprint density at radius 1 is 1.29 bits per heavy atom. The Morgan fingerprint density at radius 3 is 2.88 bits per heavy atom. The third-order valence-electron chi connectivity index (χ3n) is 3.34. The predicted molar refractivity (Wildman–Crippen MR) is 70.0 cm³/mol. The van der Waals surface area contributed by atoms with Crippen LogP contribution in [0.4, 0.5) is 0 Å². The fourth-order valence-electron chi connectivity index (χ4n) is 2.12. The van der Waals surface area contributed by atoms with Crippen molar-refractivity contribution in [3.63, 3.8) is 0 Å². The van der Waals surface area contributed by atoms with Gasteiger partial charge in [0.2, 0.25) is 0 Å². The molecule has 17 heavy (non-hydrogen) atoms. The molecule has 0 saturated carbocycles. The molecule has 3 heteroatoms. The van der Waals surface area contributed by atoms with E-state index in [1.165, 1.54) is 19.3 Å². The smallest absolute Gasteiger partial charge is 0.0590 e. The van der Waals surface area contributed by atoms with Gasteiger partial charge < -0.3 is 5.32 Å². The van der Waals surface area contributed by atoms with Crippen molar-refractivity contribution in [3.05, 3.63) is 35.4 Å². The van der Waals surface area contributed by atoms with Gasteiger partial charge >= 0.3 is 0 Å². The molecule has 1 aliphatic heterocycles. The molecule has 0 saturated heterocycles. The van der Waals surface area contributed by atoms with Crippen molar-refractivity contribution in [2.24, 2.45) is 0 Å². The lowest BCUT2D eigenvalue weighted by Crippen LogP contribution is -2.31. The van der Waals surface area contributed by atoms with E-state index < -0.39 is 0 Å². The Labute approximate surface area is 103 Å². The summed E-state index contributed by atoms with van der Waals surface area (Å²) in [7, 11) is 0. The first-order valence-electron chi connectivity index (χ1n) is 6.43. The van der Waals surface area contributed by atoms with Crippen LogP contribution in [0.1, 0.15) is 36.3 Å². The zero-order valence-electron chi connectivity index (χ0n) is 10.7. The summed E-state index contributed by atoms with van der Waals surface area (Å²) in [4.78, 5) is 8.91. The minimum absolute atomic E-state index is 0.652. The average Bonchev–Trinajstić information content (AvgIpc) is 2.35. The van der Waals surface area contributed by atoms with Crippen LogP contribution in [0.25, 0.3) is 0 Å². The van der Waals surface area contributed by atoms with E-state index in [4.69, 9.17) is 0 Å². The van der Waals surface area contributed by atoms with Gasteiger partial charge in [-0.15, -0.1) is 0 Å². The van der Waals surface area contributed by atoms with Crippen molar-refractivity contribution in [1.29, 1.82) is 0 Å². The molecule has 0 amide bonds. The molecule has 0 fully saturated rings. The molecule has 1 aromatic heterocycles. The van der Waals surface area contributed by atoms with Gasteiger partial charge in [-0.05, 0) is 39.5 Å². The van der Waals surface area contributed by atoms with E-state index in [0.717, 1.165) is 30.0 Å². The number of hydrogen-bond acceptors (Lipinski definition) is 3. The molecular weight excluding hydrogens is 210 g/mol. The summed E-state index contributed by atoms with van der Waals surface area (Å²) in [6.07, 6.45) is 11.0. The van der Waals surface area contributed by atoms with Crippen LogP contribution in [-0.2, 0) is 6.42 Å². The first kappa shape index (κ1) is 12.2. The largest absolute Gasteiger partial charge is 0.310 e. The molecule has 1 aromatic rings. The zero-order valence-corrected chi connectivity index (χ0v) is 10.7. The molecule has 2 rings (SSSR count). The molecule has 92 valence electrons. The van der Waals surface area contributed by atoms with Crippen molar-refractivity contribution >= 4 is 0 Å². The topological polar surface area (TPSA) is 37.8 Å². The molecule has 0 aromatic carbocycles. The maximum Gasteiger partial charge on any atom is 0.0590 e. The predicted octanol–water partition coefficient (Wildman–Crippen LogP) is 2.33. The second-order valence-electron chi connectivity index (χ2n) is 4.74. The Bertz CT molecular complexity index is 398. The lowest BCUT2D eigenvalue weighted by atomic mass is 10.0. The van der Waals surface area contributed by atoms with Crippen LogP contribution in [0.2, 0.25) is 0 Å². The van der Waals surface area contributed by atoms with Crippen molar-refractivity contribution in [3.8, 4) is 0 Å². The Morgan fingerprint density at radius 2 is 2.18 bits per heavy atom. The third-order valence-corrected chi connectivity index (χ3v) is 3.34. The SMILES string of the molecule is Cc1ncc(CCC[C@@H]2CC=CCN2)nc1C. The van der Waals surface area contributed by atoms with Crippen molar-refractivity contribution < 1.29 is 0 Å². The summed E-state index contributed by atoms with van der Waals surface area (Å²) in [5.41, 5.74) is 3.22. The molecule has 1 N–H and O–H groups in total. The molecular formula is C14H21N3. The summed E-state index contributed by atoms with van der Waals surface area (Å²) in [6, 6.07) is 0.652. The van der Waals surface area contributed by atoms with Crippen LogP contribution in [0, 0.1) is 13.8 Å². The van der Waals surface area contributed by atoms with Crippen LogP contribution >= 0.6 is 0 Å². The first-order chi connectivity index (χ1) is 8.25. The molecule has 2 heterocycles. The molecule has 0 spiro atoms. The summed E-state index contributed by atoms with van der Waals surface area (Å²) in [5.74, 6) is 0. The monoisotopic (exact) mass is 231 g/mol. The molecule has 3 nitrogen and oxygen atoms in total. The molecule has 0 bridgehead atoms. The normalized spacial score (nSPS) is 19.5. The number of nitrogens with zero attached hydrogens (tertiary/aromatic N) is 2. The molecule has 0 aliphatic carbocycles. The Hall–Kier alpha value is -1.22. The van der Waals surface area contributed by atoms with Crippen LogP contribution < -0.4 is 5.32 Å². The molecule has 0 unspecified atom stereocenters. The van der Waals surface area contributed by atoms with Crippen molar-refractivity contribution in [2.75, 3.05) is 6.54 Å². The van der Waals surface area contributed by atoms with Gasteiger partial charge in [-0.3, -0.25) is 9.97 Å².